The van der Waals surface area contributed by atoms with Crippen LogP contribution in [-0.2, 0) is 11.3 Å². The number of benzene rings is 2. The Labute approximate surface area is 155 Å². The maximum atomic E-state index is 12.0. The van der Waals surface area contributed by atoms with Crippen LogP contribution in [-0.4, -0.2) is 19.6 Å². The number of nitrogens with one attached hydrogen (secondary N) is 2. The minimum absolute atomic E-state index is 0.0401. The van der Waals surface area contributed by atoms with Gasteiger partial charge in [-0.05, 0) is 52.2 Å². The van der Waals surface area contributed by atoms with Gasteiger partial charge in [0.05, 0.1) is 18.1 Å². The van der Waals surface area contributed by atoms with E-state index in [2.05, 4.69) is 26.6 Å². The minimum Gasteiger partial charge on any atom is -0.496 e. The molecule has 0 bridgehead atoms. The zero-order valence-electron chi connectivity index (χ0n) is 13.6. The molecule has 0 aromatic heterocycles. The van der Waals surface area contributed by atoms with Gasteiger partial charge in [0.25, 0.3) is 0 Å². The lowest BCUT2D eigenvalue weighted by Crippen LogP contribution is -2.34. The number of hydrogen-bond acceptors (Lipinski definition) is 3. The van der Waals surface area contributed by atoms with Crippen LogP contribution in [0.3, 0.4) is 0 Å². The van der Waals surface area contributed by atoms with Crippen molar-refractivity contribution in [2.24, 2.45) is 0 Å². The van der Waals surface area contributed by atoms with E-state index in [9.17, 15) is 4.79 Å². The van der Waals surface area contributed by atoms with E-state index in [0.717, 1.165) is 21.3 Å². The van der Waals surface area contributed by atoms with E-state index >= 15 is 0 Å². The Balaban J connectivity index is 1.83. The van der Waals surface area contributed by atoms with Gasteiger partial charge in [0.15, 0.2) is 0 Å². The average molecular weight is 412 g/mol. The molecule has 0 aliphatic heterocycles. The first-order valence-corrected chi connectivity index (χ1v) is 8.75. The normalized spacial score (nSPS) is 11.8. The number of methoxy groups -OCH3 is 1. The molecule has 2 aromatic rings. The zero-order chi connectivity index (χ0) is 17.5. The third-order valence-electron chi connectivity index (χ3n) is 3.68. The van der Waals surface area contributed by atoms with E-state index in [1.807, 2.05) is 49.4 Å². The highest BCUT2D eigenvalue weighted by atomic mass is 79.9. The van der Waals surface area contributed by atoms with Crippen molar-refractivity contribution < 1.29 is 9.53 Å². The van der Waals surface area contributed by atoms with E-state index in [-0.39, 0.29) is 18.5 Å². The summed E-state index contributed by atoms with van der Waals surface area (Å²) in [4.78, 5) is 12.0. The Morgan fingerprint density at radius 2 is 2.04 bits per heavy atom. The molecule has 2 aromatic carbocycles. The number of halogens is 2. The third kappa shape index (κ3) is 5.23. The lowest BCUT2D eigenvalue weighted by molar-refractivity contribution is -0.120. The van der Waals surface area contributed by atoms with E-state index in [4.69, 9.17) is 16.3 Å². The Kier molecular flexibility index (Phi) is 7.09. The third-order valence-corrected chi connectivity index (χ3v) is 4.67. The molecule has 24 heavy (non-hydrogen) atoms. The van der Waals surface area contributed by atoms with Crippen molar-refractivity contribution in [1.82, 2.24) is 10.6 Å². The van der Waals surface area contributed by atoms with Gasteiger partial charge in [0, 0.05) is 17.6 Å². The number of ether oxygens (including phenoxy) is 1. The van der Waals surface area contributed by atoms with Crippen LogP contribution < -0.4 is 15.4 Å². The van der Waals surface area contributed by atoms with E-state index < -0.39 is 0 Å². The summed E-state index contributed by atoms with van der Waals surface area (Å²) in [5.74, 6) is 0.706. The molecule has 0 radical (unpaired) electrons. The number of amides is 1. The maximum Gasteiger partial charge on any atom is 0.234 e. The fraction of sp³-hybridized carbons (Fsp3) is 0.278. The molecular formula is C18H20BrClN2O2. The topological polar surface area (TPSA) is 50.4 Å². The molecule has 2 N–H and O–H groups in total. The molecule has 0 aliphatic carbocycles. The van der Waals surface area contributed by atoms with E-state index in [1.165, 1.54) is 0 Å². The molecule has 2 rings (SSSR count). The van der Waals surface area contributed by atoms with Crippen LogP contribution in [0, 0.1) is 0 Å². The predicted octanol–water partition coefficient (Wildman–Crippen LogP) is 4.08. The Morgan fingerprint density at radius 3 is 2.71 bits per heavy atom. The van der Waals surface area contributed by atoms with E-state index in [0.29, 0.717) is 11.6 Å². The lowest BCUT2D eigenvalue weighted by Gasteiger charge is -2.15. The molecular weight excluding hydrogens is 392 g/mol. The van der Waals surface area contributed by atoms with Gasteiger partial charge < -0.3 is 15.4 Å². The van der Waals surface area contributed by atoms with Crippen LogP contribution in [0.1, 0.15) is 24.1 Å². The molecule has 0 saturated heterocycles. The summed E-state index contributed by atoms with van der Waals surface area (Å²) in [5, 5.41) is 6.72. The summed E-state index contributed by atoms with van der Waals surface area (Å²) in [6, 6.07) is 13.4. The predicted molar refractivity (Wildman–Crippen MR) is 100 cm³/mol. The SMILES string of the molecule is COc1ccc([C@H](C)NCC(=O)NCc2ccccc2Cl)cc1Br. The first-order valence-electron chi connectivity index (χ1n) is 7.58. The van der Waals surface area contributed by atoms with Gasteiger partial charge in [-0.15, -0.1) is 0 Å². The highest BCUT2D eigenvalue weighted by molar-refractivity contribution is 9.10. The van der Waals surface area contributed by atoms with Crippen LogP contribution in [0.5, 0.6) is 5.75 Å². The van der Waals surface area contributed by atoms with Crippen LogP contribution in [0.25, 0.3) is 0 Å². The fourth-order valence-corrected chi connectivity index (χ4v) is 2.97. The van der Waals surface area contributed by atoms with Gasteiger partial charge in [-0.1, -0.05) is 35.9 Å². The second-order valence-electron chi connectivity index (χ2n) is 5.36. The number of carbonyl (C=O) groups is 1. The second kappa shape index (κ2) is 9.06. The average Bonchev–Trinajstić information content (AvgIpc) is 2.58. The van der Waals surface area contributed by atoms with Crippen LogP contribution in [0.15, 0.2) is 46.9 Å². The summed E-state index contributed by atoms with van der Waals surface area (Å²) in [6.45, 7) is 2.66. The Hall–Kier alpha value is -1.56. The molecule has 6 heteroatoms. The first-order chi connectivity index (χ1) is 11.5. The second-order valence-corrected chi connectivity index (χ2v) is 6.63. The van der Waals surface area contributed by atoms with Gasteiger partial charge in [0.2, 0.25) is 5.91 Å². The molecule has 0 aliphatic rings. The number of carbonyl (C=O) groups excluding carboxylic acids is 1. The molecule has 0 spiro atoms. The van der Waals surface area contributed by atoms with Gasteiger partial charge >= 0.3 is 0 Å². The summed E-state index contributed by atoms with van der Waals surface area (Å²) in [7, 11) is 1.63. The standard InChI is InChI=1S/C18H20BrClN2O2/c1-12(13-7-8-17(24-2)15(19)9-13)21-11-18(23)22-10-14-5-3-4-6-16(14)20/h3-9,12,21H,10-11H2,1-2H3,(H,22,23)/t12-/m0/s1. The Bertz CT molecular complexity index is 709. The summed E-state index contributed by atoms with van der Waals surface area (Å²) < 4.78 is 6.11. The van der Waals surface area contributed by atoms with Crippen LogP contribution >= 0.6 is 27.5 Å². The van der Waals surface area contributed by atoms with Crippen molar-refractivity contribution in [2.45, 2.75) is 19.5 Å². The van der Waals surface area contributed by atoms with Crippen LogP contribution in [0.4, 0.5) is 0 Å². The minimum atomic E-state index is -0.0747. The van der Waals surface area contributed by atoms with Crippen molar-refractivity contribution in [3.05, 3.63) is 63.1 Å². The largest absolute Gasteiger partial charge is 0.496 e. The summed E-state index contributed by atoms with van der Waals surface area (Å²) >= 11 is 9.54. The zero-order valence-corrected chi connectivity index (χ0v) is 15.9. The molecule has 0 unspecified atom stereocenters. The molecule has 4 nitrogen and oxygen atoms in total. The Morgan fingerprint density at radius 1 is 1.29 bits per heavy atom. The smallest absolute Gasteiger partial charge is 0.234 e. The molecule has 0 heterocycles. The fourth-order valence-electron chi connectivity index (χ4n) is 2.21. The van der Waals surface area contributed by atoms with Crippen molar-refractivity contribution in [3.63, 3.8) is 0 Å². The van der Waals surface area contributed by atoms with Gasteiger partial charge in [-0.3, -0.25) is 4.79 Å². The van der Waals surface area contributed by atoms with Gasteiger partial charge in [0.1, 0.15) is 5.75 Å². The quantitative estimate of drug-likeness (QED) is 0.722. The number of rotatable bonds is 7. The van der Waals surface area contributed by atoms with Crippen molar-refractivity contribution >= 4 is 33.4 Å². The first kappa shape index (κ1) is 18.8. The molecule has 1 atom stereocenters. The highest BCUT2D eigenvalue weighted by Gasteiger charge is 2.10. The van der Waals surface area contributed by atoms with Crippen molar-refractivity contribution in [3.8, 4) is 5.75 Å². The van der Waals surface area contributed by atoms with Gasteiger partial charge in [-0.25, -0.2) is 0 Å². The highest BCUT2D eigenvalue weighted by Crippen LogP contribution is 2.27. The molecule has 0 saturated carbocycles. The maximum absolute atomic E-state index is 12.0. The summed E-state index contributed by atoms with van der Waals surface area (Å²) in [5.41, 5.74) is 1.97. The molecule has 0 fully saturated rings. The van der Waals surface area contributed by atoms with Crippen LogP contribution in [0.2, 0.25) is 5.02 Å². The van der Waals surface area contributed by atoms with Crippen molar-refractivity contribution in [1.29, 1.82) is 0 Å². The summed E-state index contributed by atoms with van der Waals surface area (Å²) in [6.07, 6.45) is 0. The molecule has 128 valence electrons. The number of hydrogen-bond donors (Lipinski definition) is 2. The molecule has 1 amide bonds. The van der Waals surface area contributed by atoms with Gasteiger partial charge in [-0.2, -0.15) is 0 Å². The van der Waals surface area contributed by atoms with E-state index in [1.54, 1.807) is 7.11 Å². The lowest BCUT2D eigenvalue weighted by atomic mass is 10.1. The monoisotopic (exact) mass is 410 g/mol. The van der Waals surface area contributed by atoms with Crippen molar-refractivity contribution in [2.75, 3.05) is 13.7 Å².